The van der Waals surface area contributed by atoms with Gasteiger partial charge < -0.3 is 10.1 Å². The fourth-order valence-electron chi connectivity index (χ4n) is 6.96. The van der Waals surface area contributed by atoms with Crippen molar-refractivity contribution in [2.45, 2.75) is 48.3 Å². The maximum absolute atomic E-state index is 13.5. The summed E-state index contributed by atoms with van der Waals surface area (Å²) in [5, 5.41) is 9.90. The van der Waals surface area contributed by atoms with Crippen LogP contribution in [0.4, 0.5) is 0 Å². The molecule has 8 nitrogen and oxygen atoms in total. The molecule has 4 heterocycles. The number of thiazole rings is 1. The molecule has 10 heteroatoms. The van der Waals surface area contributed by atoms with Crippen LogP contribution in [0.2, 0.25) is 0 Å². The Bertz CT molecular complexity index is 1210. The van der Waals surface area contributed by atoms with Crippen molar-refractivity contribution >= 4 is 40.9 Å². The Hall–Kier alpha value is -2.46. The van der Waals surface area contributed by atoms with E-state index >= 15 is 0 Å². The monoisotopic (exact) mass is 499 g/mol. The second-order valence-corrected chi connectivity index (χ2v) is 12.0. The molecular formula is C24H25N3O5S2. The standard InChI is InChI=1S/C24H25N3O5S2/c28-14(29)6-2-1-3-8-27-22(30)17-12-9-13(18(17)23(27)31)19-16(12)15(11-5-4-7-25-10-11)20-21(33-19)26-24(32)34-20/h4-5,7,10,12-13,15-19H,1-3,6,8-9H2,(H,26,32)(H,28,29)/t12-,13+,15+,16+,17+,18+,19-/m0/s1. The van der Waals surface area contributed by atoms with Crippen molar-refractivity contribution in [2.24, 2.45) is 29.6 Å². The van der Waals surface area contributed by atoms with Crippen LogP contribution in [0.1, 0.15) is 48.5 Å². The van der Waals surface area contributed by atoms with Crippen molar-refractivity contribution < 1.29 is 19.5 Å². The summed E-state index contributed by atoms with van der Waals surface area (Å²) in [4.78, 5) is 59.5. The number of carbonyl (C=O) groups excluding carboxylic acids is 2. The van der Waals surface area contributed by atoms with Crippen molar-refractivity contribution in [1.29, 1.82) is 0 Å². The first kappa shape index (κ1) is 22.0. The van der Waals surface area contributed by atoms with E-state index in [0.717, 1.165) is 21.9 Å². The van der Waals surface area contributed by atoms with Crippen LogP contribution in [0.15, 0.2) is 34.3 Å². The van der Waals surface area contributed by atoms with E-state index in [-0.39, 0.29) is 63.9 Å². The molecule has 0 aromatic carbocycles. The highest BCUT2D eigenvalue weighted by molar-refractivity contribution is 8.00. The highest BCUT2D eigenvalue weighted by atomic mass is 32.2. The Morgan fingerprint density at radius 2 is 1.94 bits per heavy atom. The summed E-state index contributed by atoms with van der Waals surface area (Å²) in [7, 11) is 0. The largest absolute Gasteiger partial charge is 0.481 e. The SMILES string of the molecule is O=C(O)CCCCCN1C(=O)[C@@H]2[C@H]3C[C@@H]([C@@H]4Sc5[nH]c(=O)sc5[C@H](c5cccnc5)[C@@H]34)[C@H]2C1=O. The molecule has 2 bridgehead atoms. The van der Waals surface area contributed by atoms with Gasteiger partial charge in [-0.2, -0.15) is 0 Å². The molecule has 2 aliphatic carbocycles. The van der Waals surface area contributed by atoms with Gasteiger partial charge in [-0.1, -0.05) is 23.8 Å². The molecule has 2 amide bonds. The number of aromatic amines is 1. The molecule has 2 aliphatic heterocycles. The molecule has 7 atom stereocenters. The first-order chi connectivity index (χ1) is 16.5. The Labute approximate surface area is 204 Å². The van der Waals surface area contributed by atoms with Gasteiger partial charge in [-0.25, -0.2) is 0 Å². The van der Waals surface area contributed by atoms with Gasteiger partial charge in [0.05, 0.1) is 16.9 Å². The average molecular weight is 500 g/mol. The van der Waals surface area contributed by atoms with Crippen LogP contribution >= 0.6 is 23.1 Å². The van der Waals surface area contributed by atoms with Gasteiger partial charge in [-0.05, 0) is 48.6 Å². The van der Waals surface area contributed by atoms with E-state index in [9.17, 15) is 19.2 Å². The van der Waals surface area contributed by atoms with Gasteiger partial charge >= 0.3 is 10.8 Å². The van der Waals surface area contributed by atoms with Crippen LogP contribution in [-0.2, 0) is 14.4 Å². The number of aromatic nitrogens is 2. The fraction of sp³-hybridized carbons (Fsp3) is 0.542. The predicted octanol–water partition coefficient (Wildman–Crippen LogP) is 2.95. The number of carboxylic acids is 1. The molecule has 2 aromatic rings. The number of thioether (sulfide) groups is 1. The molecule has 3 fully saturated rings. The average Bonchev–Trinajstić information content (AvgIpc) is 3.54. The summed E-state index contributed by atoms with van der Waals surface area (Å²) in [6.45, 7) is 0.374. The van der Waals surface area contributed by atoms with E-state index in [1.54, 1.807) is 18.0 Å². The zero-order valence-electron chi connectivity index (χ0n) is 18.4. The first-order valence-electron chi connectivity index (χ1n) is 11.8. The smallest absolute Gasteiger partial charge is 0.305 e. The first-order valence-corrected chi connectivity index (χ1v) is 13.5. The topological polar surface area (TPSA) is 120 Å². The van der Waals surface area contributed by atoms with Crippen LogP contribution in [-0.4, -0.2) is 49.6 Å². The van der Waals surface area contributed by atoms with Crippen LogP contribution in [0.5, 0.6) is 0 Å². The number of carbonyl (C=O) groups is 3. The van der Waals surface area contributed by atoms with Gasteiger partial charge in [-0.15, -0.1) is 11.8 Å². The maximum Gasteiger partial charge on any atom is 0.305 e. The normalized spacial score (nSPS) is 33.2. The Morgan fingerprint density at radius 3 is 2.68 bits per heavy atom. The molecule has 0 spiro atoms. The predicted molar refractivity (Wildman–Crippen MR) is 126 cm³/mol. The van der Waals surface area contributed by atoms with E-state index < -0.39 is 5.97 Å². The lowest BCUT2D eigenvalue weighted by atomic mass is 9.68. The number of fused-ring (bicyclic) bond motifs is 9. The van der Waals surface area contributed by atoms with Gasteiger partial charge in [0, 0.05) is 41.4 Å². The number of aliphatic carboxylic acids is 1. The van der Waals surface area contributed by atoms with Crippen molar-refractivity contribution in [3.63, 3.8) is 0 Å². The van der Waals surface area contributed by atoms with Gasteiger partial charge in [0.2, 0.25) is 11.8 Å². The van der Waals surface area contributed by atoms with E-state index in [4.69, 9.17) is 5.11 Å². The van der Waals surface area contributed by atoms with Crippen LogP contribution < -0.4 is 4.87 Å². The van der Waals surface area contributed by atoms with Gasteiger partial charge in [0.15, 0.2) is 0 Å². The van der Waals surface area contributed by atoms with Crippen molar-refractivity contribution in [1.82, 2.24) is 14.9 Å². The third-order valence-corrected chi connectivity index (χ3v) is 10.7. The molecule has 2 saturated carbocycles. The minimum atomic E-state index is -0.822. The lowest BCUT2D eigenvalue weighted by molar-refractivity contribution is -0.141. The molecule has 2 N–H and O–H groups in total. The van der Waals surface area contributed by atoms with Gasteiger partial charge in [0.1, 0.15) is 0 Å². The second kappa shape index (κ2) is 8.34. The van der Waals surface area contributed by atoms with Gasteiger partial charge in [0.25, 0.3) is 0 Å². The quantitative estimate of drug-likeness (QED) is 0.444. The number of imide groups is 1. The number of nitrogens with zero attached hydrogens (tertiary/aromatic N) is 2. The summed E-state index contributed by atoms with van der Waals surface area (Å²) in [5.41, 5.74) is 1.06. The van der Waals surface area contributed by atoms with Crippen LogP contribution in [0.3, 0.4) is 0 Å². The highest BCUT2D eigenvalue weighted by Crippen LogP contribution is 2.68. The number of H-pyrrole nitrogens is 1. The lowest BCUT2D eigenvalue weighted by Gasteiger charge is -2.42. The Morgan fingerprint density at radius 1 is 1.15 bits per heavy atom. The summed E-state index contributed by atoms with van der Waals surface area (Å²) in [6, 6.07) is 3.96. The van der Waals surface area contributed by atoms with Gasteiger partial charge in [-0.3, -0.25) is 29.1 Å². The molecule has 34 heavy (non-hydrogen) atoms. The fourth-order valence-corrected chi connectivity index (χ4v) is 9.84. The number of pyridine rings is 1. The van der Waals surface area contributed by atoms with Crippen LogP contribution in [0, 0.1) is 29.6 Å². The number of unbranched alkanes of at least 4 members (excludes halogenated alkanes) is 2. The Kier molecular flexibility index (Phi) is 5.40. The molecule has 4 aliphatic rings. The minimum absolute atomic E-state index is 0.00261. The van der Waals surface area contributed by atoms with Crippen molar-refractivity contribution in [2.75, 3.05) is 6.54 Å². The third-order valence-electron chi connectivity index (χ3n) is 8.13. The van der Waals surface area contributed by atoms with Crippen LogP contribution in [0.25, 0.3) is 0 Å². The Balaban J connectivity index is 1.28. The molecular weight excluding hydrogens is 474 g/mol. The molecule has 178 valence electrons. The highest BCUT2D eigenvalue weighted by Gasteiger charge is 2.69. The summed E-state index contributed by atoms with van der Waals surface area (Å²) in [6.07, 6.45) is 6.46. The molecule has 1 saturated heterocycles. The molecule has 6 rings (SSSR count). The number of amides is 2. The molecule has 0 unspecified atom stereocenters. The zero-order valence-corrected chi connectivity index (χ0v) is 20.0. The van der Waals surface area contributed by atoms with Crippen molar-refractivity contribution in [3.05, 3.63) is 44.6 Å². The number of hydrogen-bond donors (Lipinski definition) is 2. The maximum atomic E-state index is 13.5. The van der Waals surface area contributed by atoms with E-state index in [0.29, 0.717) is 25.8 Å². The van der Waals surface area contributed by atoms with E-state index in [2.05, 4.69) is 9.97 Å². The molecule has 0 radical (unpaired) electrons. The summed E-state index contributed by atoms with van der Waals surface area (Å²) in [5.74, 6) is -1.07. The third kappa shape index (κ3) is 3.29. The zero-order chi connectivity index (χ0) is 23.6. The number of rotatable bonds is 7. The van der Waals surface area contributed by atoms with E-state index in [1.165, 1.54) is 16.2 Å². The lowest BCUT2D eigenvalue weighted by Crippen LogP contribution is -2.42. The van der Waals surface area contributed by atoms with Crippen molar-refractivity contribution in [3.8, 4) is 0 Å². The number of likely N-dealkylation sites (tertiary alicyclic amines) is 1. The number of nitrogens with one attached hydrogen (secondary N) is 1. The number of hydrogen-bond acceptors (Lipinski definition) is 7. The minimum Gasteiger partial charge on any atom is -0.481 e. The summed E-state index contributed by atoms with van der Waals surface area (Å²) < 4.78 is 0. The number of carboxylic acid groups (broad SMARTS) is 1. The second-order valence-electron chi connectivity index (χ2n) is 9.78. The van der Waals surface area contributed by atoms with E-state index in [1.807, 2.05) is 18.3 Å². The summed E-state index contributed by atoms with van der Waals surface area (Å²) >= 11 is 2.94. The molecule has 2 aromatic heterocycles.